The molecule has 1 aliphatic rings. The second-order valence-electron chi connectivity index (χ2n) is 8.88. The minimum Gasteiger partial charge on any atom is -0.493 e. The van der Waals surface area contributed by atoms with Gasteiger partial charge in [0.1, 0.15) is 13.2 Å². The summed E-state index contributed by atoms with van der Waals surface area (Å²) in [5, 5.41) is 2.27. The predicted octanol–water partition coefficient (Wildman–Crippen LogP) is 5.87. The molecule has 0 bridgehead atoms. The third-order valence-electron chi connectivity index (χ3n) is 5.68. The van der Waals surface area contributed by atoms with Crippen LogP contribution in [0.1, 0.15) is 27.8 Å². The van der Waals surface area contributed by atoms with Gasteiger partial charge in [-0.3, -0.25) is 19.3 Å². The highest BCUT2D eigenvalue weighted by atomic mass is 32.2. The van der Waals surface area contributed by atoms with Crippen LogP contribution in [0.5, 0.6) is 11.5 Å². The van der Waals surface area contributed by atoms with Crippen molar-refractivity contribution >= 4 is 40.6 Å². The average molecular weight is 517 g/mol. The highest BCUT2D eigenvalue weighted by Crippen LogP contribution is 2.34. The fourth-order valence-electron chi connectivity index (χ4n) is 3.92. The first kappa shape index (κ1) is 26.0. The number of carbonyl (C=O) groups excluding carboxylic acids is 3. The minimum atomic E-state index is -0.510. The van der Waals surface area contributed by atoms with Crippen LogP contribution in [0.2, 0.25) is 0 Å². The zero-order valence-electron chi connectivity index (χ0n) is 21.2. The van der Waals surface area contributed by atoms with Gasteiger partial charge in [-0.25, -0.2) is 0 Å². The molecular formula is C29H28N2O5S. The van der Waals surface area contributed by atoms with Crippen molar-refractivity contribution in [2.45, 2.75) is 27.4 Å². The van der Waals surface area contributed by atoms with E-state index in [1.807, 2.05) is 63.2 Å². The normalized spacial score (nSPS) is 14.3. The molecule has 190 valence electrons. The first-order valence-electron chi connectivity index (χ1n) is 11.7. The Balaban J connectivity index is 1.42. The summed E-state index contributed by atoms with van der Waals surface area (Å²) in [5.74, 6) is 0.124. The standard InChI is InChI=1S/C29H28N2O5S/c1-18-5-7-21(8-6-18)17-36-24-10-9-22(14-25(24)35-4)15-26-28(33)31(29(34)37-26)16-27(32)30-23-12-19(2)11-20(3)13-23/h5-15H,16-17H2,1-4H3,(H,30,32)/b26-15+. The van der Waals surface area contributed by atoms with Crippen LogP contribution >= 0.6 is 11.8 Å². The lowest BCUT2D eigenvalue weighted by Gasteiger charge is -2.13. The van der Waals surface area contributed by atoms with Crippen molar-refractivity contribution in [1.29, 1.82) is 0 Å². The van der Waals surface area contributed by atoms with Gasteiger partial charge in [-0.15, -0.1) is 0 Å². The van der Waals surface area contributed by atoms with E-state index in [9.17, 15) is 14.4 Å². The Kier molecular flexibility index (Phi) is 7.98. The fraction of sp³-hybridized carbons (Fsp3) is 0.207. The number of nitrogens with zero attached hydrogens (tertiary/aromatic N) is 1. The number of thioether (sulfide) groups is 1. The number of methoxy groups -OCH3 is 1. The smallest absolute Gasteiger partial charge is 0.294 e. The molecule has 0 atom stereocenters. The molecule has 1 aliphatic heterocycles. The van der Waals surface area contributed by atoms with Gasteiger partial charge in [-0.2, -0.15) is 0 Å². The summed E-state index contributed by atoms with van der Waals surface area (Å²) in [6, 6.07) is 19.0. The van der Waals surface area contributed by atoms with E-state index in [1.54, 1.807) is 31.4 Å². The molecule has 1 fully saturated rings. The van der Waals surface area contributed by atoms with Crippen molar-refractivity contribution in [2.75, 3.05) is 19.0 Å². The first-order valence-corrected chi connectivity index (χ1v) is 12.5. The third-order valence-corrected chi connectivity index (χ3v) is 6.59. The molecule has 0 aromatic heterocycles. The van der Waals surface area contributed by atoms with Crippen molar-refractivity contribution in [3.05, 3.63) is 93.4 Å². The Morgan fingerprint density at radius 3 is 2.30 bits per heavy atom. The second-order valence-corrected chi connectivity index (χ2v) is 9.87. The van der Waals surface area contributed by atoms with Crippen molar-refractivity contribution in [3.8, 4) is 11.5 Å². The predicted molar refractivity (Wildman–Crippen MR) is 146 cm³/mol. The summed E-state index contributed by atoms with van der Waals surface area (Å²) in [7, 11) is 1.54. The zero-order chi connectivity index (χ0) is 26.5. The Labute approximate surface area is 220 Å². The van der Waals surface area contributed by atoms with Gasteiger partial charge in [-0.05, 0) is 85.1 Å². The van der Waals surface area contributed by atoms with E-state index < -0.39 is 17.1 Å². The molecule has 8 heteroatoms. The van der Waals surface area contributed by atoms with Crippen LogP contribution in [0.15, 0.2) is 65.6 Å². The maximum absolute atomic E-state index is 12.9. The summed E-state index contributed by atoms with van der Waals surface area (Å²) in [4.78, 5) is 39.1. The molecule has 37 heavy (non-hydrogen) atoms. The van der Waals surface area contributed by atoms with Gasteiger partial charge >= 0.3 is 0 Å². The van der Waals surface area contributed by atoms with Gasteiger partial charge < -0.3 is 14.8 Å². The summed E-state index contributed by atoms with van der Waals surface area (Å²) in [5.41, 5.74) is 5.52. The summed E-state index contributed by atoms with van der Waals surface area (Å²) in [6.07, 6.45) is 1.61. The monoisotopic (exact) mass is 516 g/mol. The lowest BCUT2D eigenvalue weighted by Crippen LogP contribution is -2.36. The number of aryl methyl sites for hydroxylation is 3. The van der Waals surface area contributed by atoms with E-state index in [-0.39, 0.29) is 11.4 Å². The molecule has 0 unspecified atom stereocenters. The molecule has 0 saturated carbocycles. The Morgan fingerprint density at radius 1 is 0.919 bits per heavy atom. The van der Waals surface area contributed by atoms with Crippen molar-refractivity contribution in [1.82, 2.24) is 4.90 Å². The average Bonchev–Trinajstić information content (AvgIpc) is 3.10. The Bertz CT molecular complexity index is 1360. The molecule has 0 aliphatic carbocycles. The number of nitrogens with one attached hydrogen (secondary N) is 1. The SMILES string of the molecule is COc1cc(/C=C2/SC(=O)N(CC(=O)Nc3cc(C)cc(C)c3)C2=O)ccc1OCc1ccc(C)cc1. The number of anilines is 1. The molecule has 0 spiro atoms. The van der Waals surface area contributed by atoms with E-state index in [0.717, 1.165) is 33.4 Å². The Hall–Kier alpha value is -4.04. The van der Waals surface area contributed by atoms with E-state index in [2.05, 4.69) is 5.32 Å². The van der Waals surface area contributed by atoms with Crippen LogP contribution in [0.4, 0.5) is 10.5 Å². The van der Waals surface area contributed by atoms with Crippen molar-refractivity contribution in [2.24, 2.45) is 0 Å². The highest BCUT2D eigenvalue weighted by molar-refractivity contribution is 8.18. The number of benzene rings is 3. The highest BCUT2D eigenvalue weighted by Gasteiger charge is 2.36. The molecule has 7 nitrogen and oxygen atoms in total. The summed E-state index contributed by atoms with van der Waals surface area (Å²) >= 11 is 0.803. The third kappa shape index (κ3) is 6.59. The molecular weight excluding hydrogens is 488 g/mol. The number of hydrogen-bond donors (Lipinski definition) is 1. The van der Waals surface area contributed by atoms with Crippen LogP contribution in [0, 0.1) is 20.8 Å². The van der Waals surface area contributed by atoms with Gasteiger partial charge in [0.25, 0.3) is 11.1 Å². The van der Waals surface area contributed by atoms with Gasteiger partial charge in [0.15, 0.2) is 11.5 Å². The van der Waals surface area contributed by atoms with Crippen molar-refractivity contribution in [3.63, 3.8) is 0 Å². The largest absolute Gasteiger partial charge is 0.493 e. The van der Waals surface area contributed by atoms with Crippen LogP contribution in [-0.4, -0.2) is 35.6 Å². The van der Waals surface area contributed by atoms with Gasteiger partial charge in [0, 0.05) is 5.69 Å². The Morgan fingerprint density at radius 2 is 1.62 bits per heavy atom. The molecule has 4 rings (SSSR count). The van der Waals surface area contributed by atoms with Gasteiger partial charge in [-0.1, -0.05) is 42.0 Å². The maximum atomic E-state index is 12.9. The van der Waals surface area contributed by atoms with Crippen LogP contribution in [0.3, 0.4) is 0 Å². The van der Waals surface area contributed by atoms with E-state index in [1.165, 1.54) is 5.56 Å². The second kappa shape index (κ2) is 11.3. The molecule has 0 radical (unpaired) electrons. The summed E-state index contributed by atoms with van der Waals surface area (Å²) < 4.78 is 11.4. The fourth-order valence-corrected chi connectivity index (χ4v) is 4.76. The number of ether oxygens (including phenoxy) is 2. The summed E-state index contributed by atoms with van der Waals surface area (Å²) in [6.45, 7) is 5.93. The van der Waals surface area contributed by atoms with E-state index >= 15 is 0 Å². The lowest BCUT2D eigenvalue weighted by molar-refractivity contribution is -0.127. The van der Waals surface area contributed by atoms with Crippen molar-refractivity contribution < 1.29 is 23.9 Å². The quantitative estimate of drug-likeness (QED) is 0.377. The topological polar surface area (TPSA) is 84.9 Å². The van der Waals surface area contributed by atoms with E-state index in [4.69, 9.17) is 9.47 Å². The molecule has 3 aromatic carbocycles. The minimum absolute atomic E-state index is 0.236. The van der Waals surface area contributed by atoms with Crippen LogP contribution < -0.4 is 14.8 Å². The molecule has 1 saturated heterocycles. The van der Waals surface area contributed by atoms with Crippen LogP contribution in [-0.2, 0) is 16.2 Å². The number of carbonyl (C=O) groups is 3. The number of hydrogen-bond acceptors (Lipinski definition) is 6. The number of rotatable bonds is 8. The molecule has 1 heterocycles. The van der Waals surface area contributed by atoms with E-state index in [0.29, 0.717) is 29.4 Å². The first-order chi connectivity index (χ1) is 17.7. The van der Waals surface area contributed by atoms with Crippen LogP contribution in [0.25, 0.3) is 6.08 Å². The zero-order valence-corrected chi connectivity index (χ0v) is 22.0. The maximum Gasteiger partial charge on any atom is 0.294 e. The van der Waals surface area contributed by atoms with Gasteiger partial charge in [0.05, 0.1) is 12.0 Å². The molecule has 3 amide bonds. The molecule has 1 N–H and O–H groups in total. The number of amides is 3. The number of imide groups is 1. The lowest BCUT2D eigenvalue weighted by atomic mass is 10.1. The van der Waals surface area contributed by atoms with Gasteiger partial charge in [0.2, 0.25) is 5.91 Å². The molecule has 3 aromatic rings.